The SMILES string of the molecule is Cc1ccncc1-c1nc2ccc(Br)cn2c1N. The van der Waals surface area contributed by atoms with E-state index in [4.69, 9.17) is 5.73 Å². The van der Waals surface area contributed by atoms with E-state index in [1.807, 2.05) is 35.7 Å². The molecule has 5 heteroatoms. The first-order valence-corrected chi connectivity index (χ1v) is 6.30. The van der Waals surface area contributed by atoms with Crippen LogP contribution in [-0.4, -0.2) is 14.4 Å². The fourth-order valence-electron chi connectivity index (χ4n) is 1.95. The third-order valence-corrected chi connectivity index (χ3v) is 3.38. The molecule has 3 rings (SSSR count). The number of aryl methyl sites for hydroxylation is 1. The number of nitrogen functional groups attached to an aromatic ring is 1. The fraction of sp³-hybridized carbons (Fsp3) is 0.0769. The van der Waals surface area contributed by atoms with Crippen LogP contribution in [0.5, 0.6) is 0 Å². The first-order chi connectivity index (χ1) is 8.66. The summed E-state index contributed by atoms with van der Waals surface area (Å²) in [7, 11) is 0. The van der Waals surface area contributed by atoms with Gasteiger partial charge in [-0.1, -0.05) is 0 Å². The Kier molecular flexibility index (Phi) is 2.56. The van der Waals surface area contributed by atoms with Crippen molar-refractivity contribution in [1.29, 1.82) is 0 Å². The van der Waals surface area contributed by atoms with Gasteiger partial charge in [0.2, 0.25) is 0 Å². The van der Waals surface area contributed by atoms with Crippen LogP contribution in [0.1, 0.15) is 5.56 Å². The summed E-state index contributed by atoms with van der Waals surface area (Å²) in [5.74, 6) is 0.627. The van der Waals surface area contributed by atoms with E-state index in [9.17, 15) is 0 Å². The molecule has 2 N–H and O–H groups in total. The Morgan fingerprint density at radius 2 is 2.11 bits per heavy atom. The highest BCUT2D eigenvalue weighted by Crippen LogP contribution is 2.28. The third-order valence-electron chi connectivity index (χ3n) is 2.91. The van der Waals surface area contributed by atoms with Crippen LogP contribution in [0.15, 0.2) is 41.3 Å². The summed E-state index contributed by atoms with van der Waals surface area (Å²) < 4.78 is 2.83. The standard InChI is InChI=1S/C13H11BrN4/c1-8-4-5-16-6-10(8)12-13(15)18-7-9(14)2-3-11(18)17-12/h2-7H,15H2,1H3. The van der Waals surface area contributed by atoms with E-state index in [1.54, 1.807) is 12.4 Å². The lowest BCUT2D eigenvalue weighted by atomic mass is 10.1. The van der Waals surface area contributed by atoms with Crippen molar-refractivity contribution >= 4 is 27.4 Å². The van der Waals surface area contributed by atoms with E-state index >= 15 is 0 Å². The van der Waals surface area contributed by atoms with Gasteiger partial charge in [-0.3, -0.25) is 9.38 Å². The lowest BCUT2D eigenvalue weighted by Gasteiger charge is -2.02. The molecule has 3 aromatic heterocycles. The molecule has 0 radical (unpaired) electrons. The molecule has 0 aliphatic heterocycles. The molecule has 0 aromatic carbocycles. The largest absolute Gasteiger partial charge is 0.383 e. The maximum atomic E-state index is 6.16. The second kappa shape index (κ2) is 4.10. The van der Waals surface area contributed by atoms with Gasteiger partial charge in [-0.05, 0) is 46.6 Å². The monoisotopic (exact) mass is 302 g/mol. The number of rotatable bonds is 1. The number of hydrogen-bond acceptors (Lipinski definition) is 3. The van der Waals surface area contributed by atoms with Crippen LogP contribution in [-0.2, 0) is 0 Å². The highest BCUT2D eigenvalue weighted by atomic mass is 79.9. The molecule has 90 valence electrons. The summed E-state index contributed by atoms with van der Waals surface area (Å²) >= 11 is 3.43. The number of aromatic nitrogens is 3. The number of imidazole rings is 1. The zero-order chi connectivity index (χ0) is 12.7. The van der Waals surface area contributed by atoms with E-state index in [2.05, 4.69) is 25.9 Å². The molecule has 0 aliphatic carbocycles. The van der Waals surface area contributed by atoms with E-state index in [-0.39, 0.29) is 0 Å². The van der Waals surface area contributed by atoms with Gasteiger partial charge in [0.05, 0.1) is 0 Å². The number of nitrogens with two attached hydrogens (primary N) is 1. The molecule has 0 saturated heterocycles. The lowest BCUT2D eigenvalue weighted by molar-refractivity contribution is 1.18. The Morgan fingerprint density at radius 3 is 2.89 bits per heavy atom. The molecule has 0 spiro atoms. The maximum absolute atomic E-state index is 6.16. The minimum absolute atomic E-state index is 0.627. The van der Waals surface area contributed by atoms with Crippen molar-refractivity contribution in [1.82, 2.24) is 14.4 Å². The predicted molar refractivity (Wildman–Crippen MR) is 75.3 cm³/mol. The van der Waals surface area contributed by atoms with E-state index in [1.165, 1.54) is 0 Å². The van der Waals surface area contributed by atoms with Gasteiger partial charge >= 0.3 is 0 Å². The molecule has 0 unspecified atom stereocenters. The van der Waals surface area contributed by atoms with Crippen LogP contribution in [0.4, 0.5) is 5.82 Å². The Labute approximate surface area is 113 Å². The Bertz CT molecular complexity index is 733. The van der Waals surface area contributed by atoms with Gasteiger partial charge < -0.3 is 5.73 Å². The van der Waals surface area contributed by atoms with Crippen LogP contribution in [0.3, 0.4) is 0 Å². The van der Waals surface area contributed by atoms with Gasteiger partial charge in [-0.15, -0.1) is 0 Å². The summed E-state index contributed by atoms with van der Waals surface area (Å²) in [6.45, 7) is 2.02. The Balaban J connectivity index is 2.31. The molecule has 4 nitrogen and oxygen atoms in total. The quantitative estimate of drug-likeness (QED) is 0.751. The average Bonchev–Trinajstić information content (AvgIpc) is 2.68. The van der Waals surface area contributed by atoms with Crippen molar-refractivity contribution in [2.45, 2.75) is 6.92 Å². The van der Waals surface area contributed by atoms with Crippen molar-refractivity contribution in [2.75, 3.05) is 5.73 Å². The highest BCUT2D eigenvalue weighted by Gasteiger charge is 2.13. The maximum Gasteiger partial charge on any atom is 0.139 e. The van der Waals surface area contributed by atoms with Crippen LogP contribution in [0.25, 0.3) is 16.9 Å². The number of anilines is 1. The number of fused-ring (bicyclic) bond motifs is 1. The van der Waals surface area contributed by atoms with Crippen molar-refractivity contribution in [3.63, 3.8) is 0 Å². The van der Waals surface area contributed by atoms with E-state index in [0.29, 0.717) is 5.82 Å². The Morgan fingerprint density at radius 1 is 1.28 bits per heavy atom. The summed E-state index contributed by atoms with van der Waals surface area (Å²) in [4.78, 5) is 8.70. The van der Waals surface area contributed by atoms with Gasteiger partial charge in [0.1, 0.15) is 17.2 Å². The van der Waals surface area contributed by atoms with Crippen LogP contribution in [0.2, 0.25) is 0 Å². The zero-order valence-electron chi connectivity index (χ0n) is 9.76. The molecule has 18 heavy (non-hydrogen) atoms. The van der Waals surface area contributed by atoms with Crippen LogP contribution in [0, 0.1) is 6.92 Å². The summed E-state index contributed by atoms with van der Waals surface area (Å²) in [5, 5.41) is 0. The van der Waals surface area contributed by atoms with Crippen molar-refractivity contribution < 1.29 is 0 Å². The summed E-state index contributed by atoms with van der Waals surface area (Å²) in [6, 6.07) is 5.83. The summed E-state index contributed by atoms with van der Waals surface area (Å²) in [6.07, 6.45) is 5.47. The van der Waals surface area contributed by atoms with Crippen LogP contribution < -0.4 is 5.73 Å². The third kappa shape index (κ3) is 1.67. The first-order valence-electron chi connectivity index (χ1n) is 5.51. The number of hydrogen-bond donors (Lipinski definition) is 1. The lowest BCUT2D eigenvalue weighted by Crippen LogP contribution is -1.95. The van der Waals surface area contributed by atoms with Crippen molar-refractivity contribution in [3.8, 4) is 11.3 Å². The van der Waals surface area contributed by atoms with Crippen molar-refractivity contribution in [2.24, 2.45) is 0 Å². The highest BCUT2D eigenvalue weighted by molar-refractivity contribution is 9.10. The molecule has 0 aliphatic rings. The smallest absolute Gasteiger partial charge is 0.139 e. The number of nitrogens with zero attached hydrogens (tertiary/aromatic N) is 3. The Hall–Kier alpha value is -1.88. The average molecular weight is 303 g/mol. The predicted octanol–water partition coefficient (Wildman–Crippen LogP) is 3.05. The molecule has 3 aromatic rings. The molecule has 0 bridgehead atoms. The molecule has 0 atom stereocenters. The van der Waals surface area contributed by atoms with Crippen LogP contribution >= 0.6 is 15.9 Å². The molecule has 0 saturated carbocycles. The van der Waals surface area contributed by atoms with Gasteiger partial charge in [0.25, 0.3) is 0 Å². The normalized spacial score (nSPS) is 11.0. The molecule has 0 amide bonds. The van der Waals surface area contributed by atoms with Gasteiger partial charge in [0, 0.05) is 28.6 Å². The molecular weight excluding hydrogens is 292 g/mol. The van der Waals surface area contributed by atoms with Gasteiger partial charge in [0.15, 0.2) is 0 Å². The minimum atomic E-state index is 0.627. The summed E-state index contributed by atoms with van der Waals surface area (Å²) in [5.41, 5.74) is 9.84. The number of halogens is 1. The fourth-order valence-corrected chi connectivity index (χ4v) is 2.28. The minimum Gasteiger partial charge on any atom is -0.383 e. The first kappa shape index (κ1) is 11.2. The molecule has 0 fully saturated rings. The molecular formula is C13H11BrN4. The molecule has 3 heterocycles. The zero-order valence-corrected chi connectivity index (χ0v) is 11.3. The second-order valence-electron chi connectivity index (χ2n) is 4.11. The van der Waals surface area contributed by atoms with Gasteiger partial charge in [-0.25, -0.2) is 4.98 Å². The number of pyridine rings is 2. The van der Waals surface area contributed by atoms with Crippen molar-refractivity contribution in [3.05, 3.63) is 46.8 Å². The van der Waals surface area contributed by atoms with E-state index in [0.717, 1.165) is 26.9 Å². The second-order valence-corrected chi connectivity index (χ2v) is 5.03. The van der Waals surface area contributed by atoms with Gasteiger partial charge in [-0.2, -0.15) is 0 Å². The van der Waals surface area contributed by atoms with E-state index < -0.39 is 0 Å². The topological polar surface area (TPSA) is 56.2 Å².